The highest BCUT2D eigenvalue weighted by molar-refractivity contribution is 5.75. The van der Waals surface area contributed by atoms with Gasteiger partial charge in [-0.05, 0) is 37.6 Å². The highest BCUT2D eigenvalue weighted by Gasteiger charge is 2.01. The van der Waals surface area contributed by atoms with Gasteiger partial charge in [-0.3, -0.25) is 0 Å². The SMILES string of the molecule is Cc1cc(C)nc(NCc2ccc3nc[nH]c3c2)n1. The molecule has 0 aliphatic carbocycles. The van der Waals surface area contributed by atoms with Crippen molar-refractivity contribution >= 4 is 17.0 Å². The Labute approximate surface area is 111 Å². The molecule has 2 N–H and O–H groups in total. The van der Waals surface area contributed by atoms with Gasteiger partial charge in [0.25, 0.3) is 0 Å². The van der Waals surface area contributed by atoms with E-state index in [0.717, 1.165) is 22.4 Å². The van der Waals surface area contributed by atoms with Crippen LogP contribution in [0.2, 0.25) is 0 Å². The molecule has 0 unspecified atom stereocenters. The van der Waals surface area contributed by atoms with Crippen LogP contribution in [-0.2, 0) is 6.54 Å². The Bertz CT molecular complexity index is 696. The fraction of sp³-hybridized carbons (Fsp3) is 0.214. The van der Waals surface area contributed by atoms with Crippen LogP contribution in [-0.4, -0.2) is 19.9 Å². The first kappa shape index (κ1) is 11.6. The summed E-state index contributed by atoms with van der Waals surface area (Å²) in [6, 6.07) is 8.10. The number of H-pyrrole nitrogens is 1. The van der Waals surface area contributed by atoms with Crippen molar-refractivity contribution in [2.75, 3.05) is 5.32 Å². The topological polar surface area (TPSA) is 66.5 Å². The molecular formula is C14H15N5. The first-order valence-corrected chi connectivity index (χ1v) is 6.19. The number of rotatable bonds is 3. The van der Waals surface area contributed by atoms with E-state index in [0.29, 0.717) is 12.5 Å². The van der Waals surface area contributed by atoms with Gasteiger partial charge in [0.1, 0.15) is 0 Å². The molecular weight excluding hydrogens is 238 g/mol. The van der Waals surface area contributed by atoms with Crippen LogP contribution in [0.1, 0.15) is 17.0 Å². The monoisotopic (exact) mass is 253 g/mol. The van der Waals surface area contributed by atoms with E-state index in [2.05, 4.69) is 37.4 Å². The minimum Gasteiger partial charge on any atom is -0.350 e. The van der Waals surface area contributed by atoms with Gasteiger partial charge < -0.3 is 10.3 Å². The Kier molecular flexibility index (Phi) is 2.87. The van der Waals surface area contributed by atoms with Gasteiger partial charge in [0, 0.05) is 17.9 Å². The predicted octanol–water partition coefficient (Wildman–Crippen LogP) is 2.58. The van der Waals surface area contributed by atoms with E-state index in [1.165, 1.54) is 5.56 Å². The first-order chi connectivity index (χ1) is 9.20. The summed E-state index contributed by atoms with van der Waals surface area (Å²) in [6.07, 6.45) is 1.70. The van der Waals surface area contributed by atoms with Crippen LogP contribution in [0.15, 0.2) is 30.6 Å². The van der Waals surface area contributed by atoms with Crippen molar-refractivity contribution in [3.05, 3.63) is 47.5 Å². The summed E-state index contributed by atoms with van der Waals surface area (Å²) in [5.74, 6) is 0.669. The summed E-state index contributed by atoms with van der Waals surface area (Å²) in [5.41, 5.74) is 5.13. The molecule has 1 aromatic carbocycles. The molecule has 3 rings (SSSR count). The van der Waals surface area contributed by atoms with Crippen molar-refractivity contribution in [2.24, 2.45) is 0 Å². The number of fused-ring (bicyclic) bond motifs is 1. The van der Waals surface area contributed by atoms with Crippen LogP contribution >= 0.6 is 0 Å². The number of aryl methyl sites for hydroxylation is 2. The van der Waals surface area contributed by atoms with Crippen molar-refractivity contribution in [3.63, 3.8) is 0 Å². The van der Waals surface area contributed by atoms with Crippen LogP contribution in [0.4, 0.5) is 5.95 Å². The van der Waals surface area contributed by atoms with Gasteiger partial charge in [0.05, 0.1) is 17.4 Å². The third-order valence-corrected chi connectivity index (χ3v) is 2.92. The number of hydrogen-bond acceptors (Lipinski definition) is 4. The number of nitrogens with zero attached hydrogens (tertiary/aromatic N) is 3. The largest absolute Gasteiger partial charge is 0.350 e. The molecule has 96 valence electrons. The number of aromatic nitrogens is 4. The van der Waals surface area contributed by atoms with Crippen LogP contribution < -0.4 is 5.32 Å². The molecule has 0 amide bonds. The van der Waals surface area contributed by atoms with Crippen LogP contribution in [0, 0.1) is 13.8 Å². The lowest BCUT2D eigenvalue weighted by atomic mass is 10.2. The van der Waals surface area contributed by atoms with Gasteiger partial charge in [-0.1, -0.05) is 6.07 Å². The normalized spacial score (nSPS) is 10.8. The predicted molar refractivity (Wildman–Crippen MR) is 74.9 cm³/mol. The first-order valence-electron chi connectivity index (χ1n) is 6.19. The molecule has 0 spiro atoms. The molecule has 19 heavy (non-hydrogen) atoms. The Morgan fingerprint density at radius 3 is 2.68 bits per heavy atom. The molecule has 0 saturated heterocycles. The molecule has 0 aliphatic heterocycles. The minimum atomic E-state index is 0.669. The van der Waals surface area contributed by atoms with Crippen molar-refractivity contribution in [3.8, 4) is 0 Å². The van der Waals surface area contributed by atoms with Crippen LogP contribution in [0.25, 0.3) is 11.0 Å². The maximum absolute atomic E-state index is 4.36. The fourth-order valence-electron chi connectivity index (χ4n) is 2.08. The van der Waals surface area contributed by atoms with Gasteiger partial charge in [-0.15, -0.1) is 0 Å². The van der Waals surface area contributed by atoms with E-state index in [1.807, 2.05) is 26.0 Å². The number of hydrogen-bond donors (Lipinski definition) is 2. The lowest BCUT2D eigenvalue weighted by molar-refractivity contribution is 1.00. The molecule has 3 aromatic rings. The summed E-state index contributed by atoms with van der Waals surface area (Å²) in [6.45, 7) is 4.63. The van der Waals surface area contributed by atoms with Crippen molar-refractivity contribution in [1.29, 1.82) is 0 Å². The zero-order chi connectivity index (χ0) is 13.2. The van der Waals surface area contributed by atoms with Gasteiger partial charge in [0.15, 0.2) is 0 Å². The second kappa shape index (κ2) is 4.68. The highest BCUT2D eigenvalue weighted by atomic mass is 15.1. The molecule has 0 saturated carbocycles. The third-order valence-electron chi connectivity index (χ3n) is 2.92. The lowest BCUT2D eigenvalue weighted by Crippen LogP contribution is -2.05. The molecule has 5 nitrogen and oxygen atoms in total. The Morgan fingerprint density at radius 1 is 1.11 bits per heavy atom. The van der Waals surface area contributed by atoms with Gasteiger partial charge in [0.2, 0.25) is 5.95 Å². The quantitative estimate of drug-likeness (QED) is 0.753. The number of imidazole rings is 1. The number of aromatic amines is 1. The van der Waals surface area contributed by atoms with E-state index >= 15 is 0 Å². The summed E-state index contributed by atoms with van der Waals surface area (Å²) in [7, 11) is 0. The van der Waals surface area contributed by atoms with Crippen LogP contribution in [0.5, 0.6) is 0 Å². The molecule has 0 aliphatic rings. The van der Waals surface area contributed by atoms with Gasteiger partial charge in [-0.2, -0.15) is 0 Å². The molecule has 0 radical (unpaired) electrons. The summed E-state index contributed by atoms with van der Waals surface area (Å²) < 4.78 is 0. The van der Waals surface area contributed by atoms with E-state index < -0.39 is 0 Å². The van der Waals surface area contributed by atoms with Crippen molar-refractivity contribution in [2.45, 2.75) is 20.4 Å². The molecule has 5 heteroatoms. The molecule has 0 atom stereocenters. The zero-order valence-electron chi connectivity index (χ0n) is 10.9. The fourth-order valence-corrected chi connectivity index (χ4v) is 2.08. The smallest absolute Gasteiger partial charge is 0.223 e. The van der Waals surface area contributed by atoms with Crippen molar-refractivity contribution < 1.29 is 0 Å². The maximum Gasteiger partial charge on any atom is 0.223 e. The van der Waals surface area contributed by atoms with E-state index in [4.69, 9.17) is 0 Å². The Morgan fingerprint density at radius 2 is 1.89 bits per heavy atom. The number of benzene rings is 1. The third kappa shape index (κ3) is 2.54. The standard InChI is InChI=1S/C14H15N5/c1-9-5-10(2)19-14(18-9)15-7-11-3-4-12-13(6-11)17-8-16-12/h3-6,8H,7H2,1-2H3,(H,16,17)(H,15,18,19). The van der Waals surface area contributed by atoms with E-state index in [1.54, 1.807) is 6.33 Å². The second-order valence-corrected chi connectivity index (χ2v) is 4.58. The molecule has 2 heterocycles. The molecule has 0 bridgehead atoms. The lowest BCUT2D eigenvalue weighted by Gasteiger charge is -2.06. The number of anilines is 1. The summed E-state index contributed by atoms with van der Waals surface area (Å²) >= 11 is 0. The minimum absolute atomic E-state index is 0.669. The average Bonchev–Trinajstić information content (AvgIpc) is 2.82. The Hall–Kier alpha value is -2.43. The van der Waals surface area contributed by atoms with Gasteiger partial charge in [-0.25, -0.2) is 15.0 Å². The van der Waals surface area contributed by atoms with Gasteiger partial charge >= 0.3 is 0 Å². The molecule has 2 aromatic heterocycles. The number of nitrogens with one attached hydrogen (secondary N) is 2. The highest BCUT2D eigenvalue weighted by Crippen LogP contribution is 2.13. The van der Waals surface area contributed by atoms with Crippen molar-refractivity contribution in [1.82, 2.24) is 19.9 Å². The summed E-state index contributed by atoms with van der Waals surface area (Å²) in [5, 5.41) is 3.24. The zero-order valence-corrected chi connectivity index (χ0v) is 10.9. The van der Waals surface area contributed by atoms with E-state index in [9.17, 15) is 0 Å². The summed E-state index contributed by atoms with van der Waals surface area (Å²) in [4.78, 5) is 16.0. The van der Waals surface area contributed by atoms with E-state index in [-0.39, 0.29) is 0 Å². The van der Waals surface area contributed by atoms with Crippen LogP contribution in [0.3, 0.4) is 0 Å². The average molecular weight is 253 g/mol. The Balaban J connectivity index is 1.77. The maximum atomic E-state index is 4.36. The molecule has 0 fully saturated rings. The second-order valence-electron chi connectivity index (χ2n) is 4.58.